The van der Waals surface area contributed by atoms with Crippen LogP contribution in [0.2, 0.25) is 0 Å². The first-order valence-corrected chi connectivity index (χ1v) is 9.30. The molecule has 140 valence electrons. The number of nitrogens with one attached hydrogen (secondary N) is 3. The van der Waals surface area contributed by atoms with Crippen molar-refractivity contribution in [1.29, 1.82) is 0 Å². The van der Waals surface area contributed by atoms with E-state index in [0.29, 0.717) is 23.1 Å². The highest BCUT2D eigenvalue weighted by Crippen LogP contribution is 2.30. The molecule has 5 N–H and O–H groups in total. The van der Waals surface area contributed by atoms with Gasteiger partial charge in [-0.3, -0.25) is 10.1 Å². The number of nitrogens with two attached hydrogens (primary N) is 1. The fourth-order valence-corrected chi connectivity index (χ4v) is 3.52. The predicted octanol–water partition coefficient (Wildman–Crippen LogP) is 2.60. The maximum atomic E-state index is 11.2. The van der Waals surface area contributed by atoms with Crippen LogP contribution in [0.25, 0.3) is 10.6 Å². The molecule has 1 aliphatic rings. The Bertz CT molecular complexity index is 915. The van der Waals surface area contributed by atoms with E-state index in [1.54, 1.807) is 18.2 Å². The Kier molecular flexibility index (Phi) is 5.05. The Hall–Kier alpha value is -2.88. The molecule has 0 bridgehead atoms. The zero-order valence-corrected chi connectivity index (χ0v) is 15.2. The molecule has 3 aromatic rings. The summed E-state index contributed by atoms with van der Waals surface area (Å²) >= 11 is 1.28. The third-order valence-electron chi connectivity index (χ3n) is 4.03. The highest BCUT2D eigenvalue weighted by molar-refractivity contribution is 7.17. The lowest BCUT2D eigenvalue weighted by molar-refractivity contribution is 0.0849. The van der Waals surface area contributed by atoms with E-state index >= 15 is 0 Å². The minimum Gasteiger partial charge on any atom is -0.377 e. The Labute approximate surface area is 159 Å². The van der Waals surface area contributed by atoms with Crippen molar-refractivity contribution >= 4 is 34.5 Å². The lowest BCUT2D eigenvalue weighted by Crippen LogP contribution is -2.46. The number of ether oxygens (including phenoxy) is 1. The summed E-state index contributed by atoms with van der Waals surface area (Å²) in [6.45, 7) is 2.23. The summed E-state index contributed by atoms with van der Waals surface area (Å²) in [5, 5.41) is 13.9. The number of anilines is 3. The molecule has 0 saturated carbocycles. The molecule has 0 radical (unpaired) electrons. The summed E-state index contributed by atoms with van der Waals surface area (Å²) in [6, 6.07) is 13.1. The Morgan fingerprint density at radius 2 is 2.04 bits per heavy atom. The first-order valence-electron chi connectivity index (χ1n) is 8.49. The number of aromatic nitrogens is 1. The van der Waals surface area contributed by atoms with Gasteiger partial charge in [0.15, 0.2) is 0 Å². The highest BCUT2D eigenvalue weighted by Gasteiger charge is 2.13. The summed E-state index contributed by atoms with van der Waals surface area (Å²) < 4.78 is 10.8. The van der Waals surface area contributed by atoms with E-state index in [1.165, 1.54) is 11.3 Å². The molecule has 2 aromatic heterocycles. The van der Waals surface area contributed by atoms with E-state index in [2.05, 4.69) is 21.1 Å². The normalized spacial score (nSPS) is 16.8. The fourth-order valence-electron chi connectivity index (χ4n) is 2.71. The van der Waals surface area contributed by atoms with Crippen LogP contribution in [0.5, 0.6) is 0 Å². The van der Waals surface area contributed by atoms with Gasteiger partial charge < -0.3 is 25.6 Å². The van der Waals surface area contributed by atoms with Crippen LogP contribution in [-0.4, -0.2) is 37.0 Å². The van der Waals surface area contributed by atoms with Crippen LogP contribution in [0, 0.1) is 0 Å². The van der Waals surface area contributed by atoms with Crippen molar-refractivity contribution in [3.63, 3.8) is 0 Å². The summed E-state index contributed by atoms with van der Waals surface area (Å²) in [4.78, 5) is 12.5. The zero-order valence-electron chi connectivity index (χ0n) is 14.4. The minimum absolute atomic E-state index is 0.116. The second kappa shape index (κ2) is 7.78. The molecule has 1 amide bonds. The van der Waals surface area contributed by atoms with Crippen LogP contribution in [0.1, 0.15) is 9.67 Å². The second-order valence-electron chi connectivity index (χ2n) is 6.03. The van der Waals surface area contributed by atoms with Crippen LogP contribution in [-0.2, 0) is 4.74 Å². The van der Waals surface area contributed by atoms with Gasteiger partial charge in [-0.15, -0.1) is 11.3 Å². The van der Waals surface area contributed by atoms with Gasteiger partial charge in [-0.2, -0.15) is 0 Å². The number of nitrogens with zero attached hydrogens (tertiary/aromatic N) is 1. The first kappa shape index (κ1) is 17.5. The van der Waals surface area contributed by atoms with Crippen molar-refractivity contribution in [2.75, 3.05) is 30.4 Å². The van der Waals surface area contributed by atoms with Crippen molar-refractivity contribution in [3.8, 4) is 10.6 Å². The van der Waals surface area contributed by atoms with Gasteiger partial charge >= 0.3 is 0 Å². The van der Waals surface area contributed by atoms with Crippen molar-refractivity contribution in [2.45, 2.75) is 6.17 Å². The van der Waals surface area contributed by atoms with Gasteiger partial charge in [-0.25, -0.2) is 0 Å². The molecule has 1 aromatic carbocycles. The van der Waals surface area contributed by atoms with E-state index in [4.69, 9.17) is 15.0 Å². The number of hydrogen-bond donors (Lipinski definition) is 4. The fraction of sp³-hybridized carbons (Fsp3) is 0.222. The van der Waals surface area contributed by atoms with Crippen molar-refractivity contribution < 1.29 is 14.1 Å². The lowest BCUT2D eigenvalue weighted by atomic mass is 10.2. The Morgan fingerprint density at radius 1 is 1.22 bits per heavy atom. The van der Waals surface area contributed by atoms with Crippen LogP contribution >= 0.6 is 11.3 Å². The van der Waals surface area contributed by atoms with Crippen molar-refractivity contribution in [1.82, 2.24) is 10.5 Å². The Morgan fingerprint density at radius 3 is 2.74 bits per heavy atom. The van der Waals surface area contributed by atoms with Gasteiger partial charge in [0.25, 0.3) is 5.91 Å². The standard InChI is InChI=1S/C18H19N5O3S/c19-18(24)15-6-5-14(27-15)13-9-17(26-23-13)22-12-3-1-11(2-4-12)21-16-10-25-8-7-20-16/h1-6,9,16,20-22H,7-8,10H2,(H2,19,24). The van der Waals surface area contributed by atoms with Crippen molar-refractivity contribution in [2.24, 2.45) is 5.73 Å². The van der Waals surface area contributed by atoms with E-state index in [1.807, 2.05) is 24.3 Å². The average Bonchev–Trinajstić information content (AvgIpc) is 3.34. The summed E-state index contributed by atoms with van der Waals surface area (Å²) in [5.74, 6) is 0.0684. The second-order valence-corrected chi connectivity index (χ2v) is 7.12. The maximum absolute atomic E-state index is 11.2. The van der Waals surface area contributed by atoms with Gasteiger partial charge in [-0.1, -0.05) is 5.16 Å². The number of amides is 1. The molecule has 1 aliphatic heterocycles. The highest BCUT2D eigenvalue weighted by atomic mass is 32.1. The molecule has 1 atom stereocenters. The molecule has 1 saturated heterocycles. The van der Waals surface area contributed by atoms with Crippen molar-refractivity contribution in [3.05, 3.63) is 47.3 Å². The molecular formula is C18H19N5O3S. The van der Waals surface area contributed by atoms with Gasteiger partial charge in [0.2, 0.25) is 5.88 Å². The summed E-state index contributed by atoms with van der Waals surface area (Å²) in [5.41, 5.74) is 7.81. The topological polar surface area (TPSA) is 114 Å². The number of thiophene rings is 1. The van der Waals surface area contributed by atoms with Gasteiger partial charge in [0, 0.05) is 24.0 Å². The molecule has 0 aliphatic carbocycles. The van der Waals surface area contributed by atoms with E-state index in [0.717, 1.165) is 29.4 Å². The smallest absolute Gasteiger partial charge is 0.258 e. The SMILES string of the molecule is NC(=O)c1ccc(-c2cc(Nc3ccc(NC4COCCN4)cc3)on2)s1. The number of hydrogen-bond acceptors (Lipinski definition) is 8. The third kappa shape index (κ3) is 4.27. The Balaban J connectivity index is 1.39. The summed E-state index contributed by atoms with van der Waals surface area (Å²) in [6.07, 6.45) is 0.116. The molecule has 1 fully saturated rings. The number of carbonyl (C=O) groups excluding carboxylic acids is 1. The molecule has 27 heavy (non-hydrogen) atoms. The monoisotopic (exact) mass is 385 g/mol. The number of primary amides is 1. The molecular weight excluding hydrogens is 366 g/mol. The summed E-state index contributed by atoms with van der Waals surface area (Å²) in [7, 11) is 0. The average molecular weight is 385 g/mol. The van der Waals surface area contributed by atoms with Crippen LogP contribution in [0.3, 0.4) is 0 Å². The molecule has 0 spiro atoms. The van der Waals surface area contributed by atoms with Gasteiger partial charge in [0.05, 0.1) is 23.0 Å². The maximum Gasteiger partial charge on any atom is 0.258 e. The van der Waals surface area contributed by atoms with Gasteiger partial charge in [-0.05, 0) is 36.4 Å². The third-order valence-corrected chi connectivity index (χ3v) is 5.15. The van der Waals surface area contributed by atoms with Crippen LogP contribution in [0.4, 0.5) is 17.3 Å². The van der Waals surface area contributed by atoms with Gasteiger partial charge in [0.1, 0.15) is 11.9 Å². The number of carbonyl (C=O) groups is 1. The van der Waals surface area contributed by atoms with E-state index in [9.17, 15) is 4.79 Å². The van der Waals surface area contributed by atoms with E-state index < -0.39 is 5.91 Å². The molecule has 3 heterocycles. The number of morpholine rings is 1. The first-order chi connectivity index (χ1) is 13.2. The van der Waals surface area contributed by atoms with Crippen LogP contribution < -0.4 is 21.7 Å². The molecule has 8 nitrogen and oxygen atoms in total. The number of benzene rings is 1. The zero-order chi connectivity index (χ0) is 18.6. The quantitative estimate of drug-likeness (QED) is 0.516. The predicted molar refractivity (Wildman–Crippen MR) is 104 cm³/mol. The molecule has 4 rings (SSSR count). The largest absolute Gasteiger partial charge is 0.377 e. The van der Waals surface area contributed by atoms with E-state index in [-0.39, 0.29) is 6.17 Å². The molecule has 9 heteroatoms. The number of rotatable bonds is 6. The molecule has 1 unspecified atom stereocenters. The minimum atomic E-state index is -0.447. The lowest BCUT2D eigenvalue weighted by Gasteiger charge is -2.25. The van der Waals surface area contributed by atoms with Crippen LogP contribution in [0.15, 0.2) is 47.0 Å².